The van der Waals surface area contributed by atoms with E-state index >= 15 is 0 Å². The van der Waals surface area contributed by atoms with Gasteiger partial charge in [0, 0.05) is 15.4 Å². The third-order valence-electron chi connectivity index (χ3n) is 4.17. The molecule has 0 amide bonds. The SMILES string of the molecule is COC(=O)c1ccc(Cl)c(Nc2ncnc3scc(-c4ccc(Br)cc4)c23)c1. The minimum absolute atomic E-state index is 0.401. The molecule has 0 unspecified atom stereocenters. The van der Waals surface area contributed by atoms with E-state index in [1.165, 1.54) is 13.4 Å². The second-order valence-corrected chi connectivity index (χ2v) is 8.05. The molecule has 0 saturated heterocycles. The summed E-state index contributed by atoms with van der Waals surface area (Å²) in [5.41, 5.74) is 3.05. The molecule has 0 aliphatic carbocycles. The van der Waals surface area contributed by atoms with Gasteiger partial charge in [-0.1, -0.05) is 39.7 Å². The van der Waals surface area contributed by atoms with Gasteiger partial charge in [-0.3, -0.25) is 0 Å². The first kappa shape index (κ1) is 18.9. The predicted octanol–water partition coefficient (Wildman–Crippen LogP) is 6.30. The van der Waals surface area contributed by atoms with Crippen LogP contribution in [0.3, 0.4) is 0 Å². The molecule has 0 radical (unpaired) electrons. The van der Waals surface area contributed by atoms with E-state index in [0.29, 0.717) is 22.1 Å². The van der Waals surface area contributed by atoms with Crippen molar-refractivity contribution in [1.82, 2.24) is 9.97 Å². The van der Waals surface area contributed by atoms with Gasteiger partial charge in [0.05, 0.1) is 28.8 Å². The van der Waals surface area contributed by atoms with Gasteiger partial charge in [-0.05, 0) is 35.9 Å². The van der Waals surface area contributed by atoms with Gasteiger partial charge < -0.3 is 10.1 Å². The Morgan fingerprint density at radius 2 is 1.96 bits per heavy atom. The number of nitrogens with zero attached hydrogens (tertiary/aromatic N) is 2. The number of esters is 1. The van der Waals surface area contributed by atoms with Gasteiger partial charge in [-0.15, -0.1) is 11.3 Å². The number of thiophene rings is 1. The van der Waals surface area contributed by atoms with E-state index in [1.54, 1.807) is 29.5 Å². The van der Waals surface area contributed by atoms with E-state index in [1.807, 2.05) is 24.3 Å². The average Bonchev–Trinajstić information content (AvgIpc) is 3.15. The highest BCUT2D eigenvalue weighted by molar-refractivity contribution is 9.10. The Morgan fingerprint density at radius 3 is 2.71 bits per heavy atom. The number of fused-ring (bicyclic) bond motifs is 1. The first-order chi connectivity index (χ1) is 13.6. The molecule has 0 atom stereocenters. The van der Waals surface area contributed by atoms with Crippen LogP contribution in [0.4, 0.5) is 11.5 Å². The van der Waals surface area contributed by atoms with Gasteiger partial charge in [0.25, 0.3) is 0 Å². The van der Waals surface area contributed by atoms with Crippen LogP contribution in [0.5, 0.6) is 0 Å². The molecular weight excluding hydrogens is 462 g/mol. The fourth-order valence-corrected chi connectivity index (χ4v) is 4.15. The monoisotopic (exact) mass is 473 g/mol. The van der Waals surface area contributed by atoms with Gasteiger partial charge in [-0.2, -0.15) is 0 Å². The van der Waals surface area contributed by atoms with Crippen LogP contribution in [-0.4, -0.2) is 23.0 Å². The Hall–Kier alpha value is -2.48. The molecule has 0 spiro atoms. The number of carbonyl (C=O) groups excluding carboxylic acids is 1. The van der Waals surface area contributed by atoms with Crippen LogP contribution in [0.1, 0.15) is 10.4 Å². The number of hydrogen-bond donors (Lipinski definition) is 1. The number of nitrogens with one attached hydrogen (secondary N) is 1. The highest BCUT2D eigenvalue weighted by atomic mass is 79.9. The first-order valence-corrected chi connectivity index (χ1v) is 10.2. The largest absolute Gasteiger partial charge is 0.465 e. The summed E-state index contributed by atoms with van der Waals surface area (Å²) in [5.74, 6) is 0.187. The smallest absolute Gasteiger partial charge is 0.337 e. The van der Waals surface area contributed by atoms with E-state index in [-0.39, 0.29) is 0 Å². The van der Waals surface area contributed by atoms with Crippen LogP contribution >= 0.6 is 38.9 Å². The number of ether oxygens (including phenoxy) is 1. The molecule has 2 heterocycles. The molecule has 0 fully saturated rings. The molecule has 2 aromatic heterocycles. The second kappa shape index (κ2) is 7.87. The predicted molar refractivity (Wildman–Crippen MR) is 117 cm³/mol. The van der Waals surface area contributed by atoms with Crippen LogP contribution in [0.2, 0.25) is 5.02 Å². The van der Waals surface area contributed by atoms with E-state index < -0.39 is 5.97 Å². The number of hydrogen-bond acceptors (Lipinski definition) is 6. The molecule has 28 heavy (non-hydrogen) atoms. The van der Waals surface area contributed by atoms with E-state index in [2.05, 4.69) is 36.6 Å². The minimum Gasteiger partial charge on any atom is -0.465 e. The van der Waals surface area contributed by atoms with Crippen molar-refractivity contribution in [2.75, 3.05) is 12.4 Å². The molecule has 0 saturated carbocycles. The fraction of sp³-hybridized carbons (Fsp3) is 0.0500. The van der Waals surface area contributed by atoms with Gasteiger partial charge in [-0.25, -0.2) is 14.8 Å². The normalized spacial score (nSPS) is 10.8. The number of halogens is 2. The van der Waals surface area contributed by atoms with E-state index in [9.17, 15) is 4.79 Å². The third-order valence-corrected chi connectivity index (χ3v) is 5.91. The third kappa shape index (κ3) is 3.61. The Bertz CT molecular complexity index is 1180. The molecule has 8 heteroatoms. The molecule has 2 aromatic carbocycles. The summed E-state index contributed by atoms with van der Waals surface area (Å²) in [6, 6.07) is 13.0. The average molecular weight is 475 g/mol. The zero-order valence-corrected chi connectivity index (χ0v) is 17.7. The molecule has 4 rings (SSSR count). The van der Waals surface area contributed by atoms with E-state index in [4.69, 9.17) is 16.3 Å². The van der Waals surface area contributed by atoms with Crippen LogP contribution in [-0.2, 0) is 4.74 Å². The van der Waals surface area contributed by atoms with Crippen LogP contribution in [0.25, 0.3) is 21.3 Å². The maximum Gasteiger partial charge on any atom is 0.337 e. The van der Waals surface area contributed by atoms with Crippen molar-refractivity contribution in [2.45, 2.75) is 0 Å². The highest BCUT2D eigenvalue weighted by Crippen LogP contribution is 2.38. The number of methoxy groups -OCH3 is 1. The number of anilines is 2. The lowest BCUT2D eigenvalue weighted by atomic mass is 10.1. The summed E-state index contributed by atoms with van der Waals surface area (Å²) in [7, 11) is 1.34. The Kier molecular flexibility index (Phi) is 5.30. The lowest BCUT2D eigenvalue weighted by Gasteiger charge is -2.11. The van der Waals surface area contributed by atoms with Crippen molar-refractivity contribution in [2.24, 2.45) is 0 Å². The summed E-state index contributed by atoms with van der Waals surface area (Å²) in [6.45, 7) is 0. The number of carbonyl (C=O) groups is 1. The molecule has 0 aliphatic heterocycles. The summed E-state index contributed by atoms with van der Waals surface area (Å²) < 4.78 is 5.80. The summed E-state index contributed by atoms with van der Waals surface area (Å²) in [5, 5.41) is 6.67. The van der Waals surface area contributed by atoms with Crippen LogP contribution in [0, 0.1) is 0 Å². The maximum absolute atomic E-state index is 11.8. The van der Waals surface area contributed by atoms with E-state index in [0.717, 1.165) is 25.8 Å². The lowest BCUT2D eigenvalue weighted by molar-refractivity contribution is 0.0601. The quantitative estimate of drug-likeness (QED) is 0.351. The van der Waals surface area contributed by atoms with Crippen molar-refractivity contribution in [3.8, 4) is 11.1 Å². The number of rotatable bonds is 4. The van der Waals surface area contributed by atoms with Gasteiger partial charge in [0.2, 0.25) is 0 Å². The molecule has 1 N–H and O–H groups in total. The van der Waals surface area contributed by atoms with Gasteiger partial charge in [0.1, 0.15) is 17.0 Å². The Balaban J connectivity index is 1.81. The molecule has 4 aromatic rings. The Labute approximate surface area is 178 Å². The van der Waals surface area contributed by atoms with Crippen LogP contribution < -0.4 is 5.32 Å². The lowest BCUT2D eigenvalue weighted by Crippen LogP contribution is -2.03. The van der Waals surface area contributed by atoms with Crippen molar-refractivity contribution >= 4 is 66.6 Å². The maximum atomic E-state index is 11.8. The number of benzene rings is 2. The minimum atomic E-state index is -0.432. The fourth-order valence-electron chi connectivity index (χ4n) is 2.81. The van der Waals surface area contributed by atoms with Crippen molar-refractivity contribution in [3.05, 3.63) is 69.2 Å². The second-order valence-electron chi connectivity index (χ2n) is 5.87. The van der Waals surface area contributed by atoms with Gasteiger partial charge in [0.15, 0.2) is 0 Å². The number of aromatic nitrogens is 2. The topological polar surface area (TPSA) is 64.1 Å². The molecule has 0 bridgehead atoms. The first-order valence-electron chi connectivity index (χ1n) is 8.20. The summed E-state index contributed by atoms with van der Waals surface area (Å²) in [6.07, 6.45) is 1.50. The summed E-state index contributed by atoms with van der Waals surface area (Å²) >= 11 is 11.3. The molecule has 140 valence electrons. The standard InChI is InChI=1S/C20H13BrClN3O2S/c1-27-20(26)12-4-7-15(22)16(8-12)25-18-17-14(9-28-19(17)24-10-23-18)11-2-5-13(21)6-3-11/h2-10H,1H3,(H,23,24,25). The van der Waals surface area contributed by atoms with Crippen LogP contribution in [0.15, 0.2) is 58.6 Å². The van der Waals surface area contributed by atoms with Crippen molar-refractivity contribution < 1.29 is 9.53 Å². The Morgan fingerprint density at radius 1 is 1.18 bits per heavy atom. The highest BCUT2D eigenvalue weighted by Gasteiger charge is 2.15. The molecular formula is C20H13BrClN3O2S. The van der Waals surface area contributed by atoms with Crippen molar-refractivity contribution in [3.63, 3.8) is 0 Å². The molecule has 0 aliphatic rings. The van der Waals surface area contributed by atoms with Gasteiger partial charge >= 0.3 is 5.97 Å². The zero-order chi connectivity index (χ0) is 19.7. The summed E-state index contributed by atoms with van der Waals surface area (Å²) in [4.78, 5) is 21.5. The molecule has 5 nitrogen and oxygen atoms in total. The zero-order valence-electron chi connectivity index (χ0n) is 14.6. The van der Waals surface area contributed by atoms with Crippen molar-refractivity contribution in [1.29, 1.82) is 0 Å².